The van der Waals surface area contributed by atoms with Crippen LogP contribution in [0.2, 0.25) is 0 Å². The van der Waals surface area contributed by atoms with Crippen LogP contribution in [-0.4, -0.2) is 52.9 Å². The van der Waals surface area contributed by atoms with Crippen molar-refractivity contribution in [3.8, 4) is 0 Å². The lowest BCUT2D eigenvalue weighted by molar-refractivity contribution is -0.285. The molecule has 0 radical (unpaired) electrons. The molecule has 7 heteroatoms. The summed E-state index contributed by atoms with van der Waals surface area (Å²) >= 11 is 0. The van der Waals surface area contributed by atoms with Crippen LogP contribution in [0.15, 0.2) is 0 Å². The summed E-state index contributed by atoms with van der Waals surface area (Å²) in [4.78, 5) is 21.7. The number of esters is 2. The fourth-order valence-electron chi connectivity index (χ4n) is 1.68. The average molecular weight is 248 g/mol. The number of aliphatic hydroxyl groups is 2. The summed E-state index contributed by atoms with van der Waals surface area (Å²) in [5.41, 5.74) is 0. The van der Waals surface area contributed by atoms with Gasteiger partial charge in [-0.05, 0) is 6.92 Å². The van der Waals surface area contributed by atoms with E-state index in [-0.39, 0.29) is 0 Å². The average Bonchev–Trinajstić information content (AvgIpc) is 2.18. The Kier molecular flexibility index (Phi) is 4.44. The smallest absolute Gasteiger partial charge is 0.303 e. The molecule has 17 heavy (non-hydrogen) atoms. The minimum absolute atomic E-state index is 0.595. The molecule has 1 aliphatic heterocycles. The molecule has 0 bridgehead atoms. The summed E-state index contributed by atoms with van der Waals surface area (Å²) in [7, 11) is 0. The number of ether oxygens (including phenoxy) is 3. The summed E-state index contributed by atoms with van der Waals surface area (Å²) in [5, 5.41) is 19.4. The molecule has 1 saturated heterocycles. The van der Waals surface area contributed by atoms with E-state index in [9.17, 15) is 19.8 Å². The van der Waals surface area contributed by atoms with E-state index >= 15 is 0 Å². The van der Waals surface area contributed by atoms with E-state index in [0.29, 0.717) is 0 Å². The molecule has 0 spiro atoms. The Balaban J connectivity index is 2.78. The van der Waals surface area contributed by atoms with Gasteiger partial charge < -0.3 is 24.4 Å². The van der Waals surface area contributed by atoms with Crippen molar-refractivity contribution in [3.05, 3.63) is 0 Å². The number of hydrogen-bond donors (Lipinski definition) is 2. The van der Waals surface area contributed by atoms with Crippen molar-refractivity contribution < 1.29 is 34.0 Å². The lowest BCUT2D eigenvalue weighted by Crippen LogP contribution is -2.59. The first-order chi connectivity index (χ1) is 7.82. The van der Waals surface area contributed by atoms with Gasteiger partial charge in [0, 0.05) is 13.8 Å². The number of hydrogen-bond acceptors (Lipinski definition) is 7. The standard InChI is InChI=1S/C10H16O7/c1-4-8(16-5(2)11)7(13)9(10(14)15-4)17-6(3)12/h4,7-10,13-14H,1-3H3/t4-,7+,8-,9+,10?/m1/s1. The molecule has 0 saturated carbocycles. The lowest BCUT2D eigenvalue weighted by Gasteiger charge is -2.40. The monoisotopic (exact) mass is 248 g/mol. The second-order valence-electron chi connectivity index (χ2n) is 3.87. The third-order valence-electron chi connectivity index (χ3n) is 2.38. The Hall–Kier alpha value is -1.18. The molecule has 0 aliphatic carbocycles. The molecule has 1 heterocycles. The van der Waals surface area contributed by atoms with Gasteiger partial charge in [-0.1, -0.05) is 0 Å². The molecule has 0 aromatic rings. The van der Waals surface area contributed by atoms with Gasteiger partial charge in [0.2, 0.25) is 0 Å². The molecule has 5 atom stereocenters. The van der Waals surface area contributed by atoms with Crippen LogP contribution < -0.4 is 0 Å². The molecule has 1 rings (SSSR count). The van der Waals surface area contributed by atoms with Crippen LogP contribution in [0.3, 0.4) is 0 Å². The van der Waals surface area contributed by atoms with Crippen LogP contribution >= 0.6 is 0 Å². The van der Waals surface area contributed by atoms with Gasteiger partial charge in [-0.2, -0.15) is 0 Å². The summed E-state index contributed by atoms with van der Waals surface area (Å²) in [6.07, 6.45) is -5.73. The molecule has 1 fully saturated rings. The van der Waals surface area contributed by atoms with Crippen molar-refractivity contribution >= 4 is 11.9 Å². The molecular weight excluding hydrogens is 232 g/mol. The Morgan fingerprint density at radius 3 is 2.00 bits per heavy atom. The number of carbonyl (C=O) groups is 2. The van der Waals surface area contributed by atoms with Crippen molar-refractivity contribution in [2.45, 2.75) is 51.5 Å². The third kappa shape index (κ3) is 3.39. The zero-order valence-electron chi connectivity index (χ0n) is 9.82. The van der Waals surface area contributed by atoms with Crippen LogP contribution in [0.4, 0.5) is 0 Å². The Morgan fingerprint density at radius 1 is 1.06 bits per heavy atom. The maximum absolute atomic E-state index is 10.9. The molecule has 0 aromatic heterocycles. The van der Waals surface area contributed by atoms with Gasteiger partial charge in [-0.3, -0.25) is 9.59 Å². The Bertz CT molecular complexity index is 275. The van der Waals surface area contributed by atoms with E-state index in [1.165, 1.54) is 13.8 Å². The van der Waals surface area contributed by atoms with Gasteiger partial charge in [-0.15, -0.1) is 0 Å². The van der Waals surface area contributed by atoms with Gasteiger partial charge in [-0.25, -0.2) is 0 Å². The second kappa shape index (κ2) is 5.44. The lowest BCUT2D eigenvalue weighted by atomic mass is 9.99. The van der Waals surface area contributed by atoms with Crippen molar-refractivity contribution in [1.29, 1.82) is 0 Å². The van der Waals surface area contributed by atoms with Gasteiger partial charge >= 0.3 is 11.9 Å². The normalized spacial score (nSPS) is 37.4. The fourth-order valence-corrected chi connectivity index (χ4v) is 1.68. The SMILES string of the molecule is CC(=O)O[C@H]1[C@H](O)[C@H](OC(C)=O)C(O)O[C@@H]1C. The van der Waals surface area contributed by atoms with E-state index in [2.05, 4.69) is 0 Å². The van der Waals surface area contributed by atoms with E-state index < -0.39 is 42.6 Å². The topological polar surface area (TPSA) is 102 Å². The minimum atomic E-state index is -1.45. The highest BCUT2D eigenvalue weighted by Gasteiger charge is 2.46. The Morgan fingerprint density at radius 2 is 1.53 bits per heavy atom. The van der Waals surface area contributed by atoms with Crippen LogP contribution in [0, 0.1) is 0 Å². The highest BCUT2D eigenvalue weighted by Crippen LogP contribution is 2.24. The van der Waals surface area contributed by atoms with E-state index in [4.69, 9.17) is 14.2 Å². The first-order valence-electron chi connectivity index (χ1n) is 5.19. The van der Waals surface area contributed by atoms with Crippen molar-refractivity contribution in [2.24, 2.45) is 0 Å². The number of carbonyl (C=O) groups excluding carboxylic acids is 2. The first-order valence-corrected chi connectivity index (χ1v) is 5.19. The van der Waals surface area contributed by atoms with Crippen molar-refractivity contribution in [3.63, 3.8) is 0 Å². The predicted molar refractivity (Wildman–Crippen MR) is 53.7 cm³/mol. The van der Waals surface area contributed by atoms with Gasteiger partial charge in [0.15, 0.2) is 18.5 Å². The molecular formula is C10H16O7. The van der Waals surface area contributed by atoms with E-state index in [0.717, 1.165) is 6.92 Å². The zero-order chi connectivity index (χ0) is 13.2. The van der Waals surface area contributed by atoms with Crippen LogP contribution in [-0.2, 0) is 23.8 Å². The van der Waals surface area contributed by atoms with Gasteiger partial charge in [0.25, 0.3) is 0 Å². The van der Waals surface area contributed by atoms with E-state index in [1.807, 2.05) is 0 Å². The fraction of sp³-hybridized carbons (Fsp3) is 0.800. The van der Waals surface area contributed by atoms with E-state index in [1.54, 1.807) is 0 Å². The molecule has 1 aliphatic rings. The van der Waals surface area contributed by atoms with Crippen LogP contribution in [0.1, 0.15) is 20.8 Å². The molecule has 2 N–H and O–H groups in total. The highest BCUT2D eigenvalue weighted by molar-refractivity contribution is 5.67. The minimum Gasteiger partial charge on any atom is -0.457 e. The quantitative estimate of drug-likeness (QED) is 0.601. The molecule has 7 nitrogen and oxygen atoms in total. The summed E-state index contributed by atoms with van der Waals surface area (Å²) in [5.74, 6) is -1.27. The van der Waals surface area contributed by atoms with Gasteiger partial charge in [0.05, 0.1) is 6.10 Å². The zero-order valence-corrected chi connectivity index (χ0v) is 9.82. The summed E-state index contributed by atoms with van der Waals surface area (Å²) in [6, 6.07) is 0. The maximum Gasteiger partial charge on any atom is 0.303 e. The number of rotatable bonds is 2. The first kappa shape index (κ1) is 13.9. The van der Waals surface area contributed by atoms with Crippen molar-refractivity contribution in [2.75, 3.05) is 0 Å². The molecule has 98 valence electrons. The van der Waals surface area contributed by atoms with Crippen LogP contribution in [0.25, 0.3) is 0 Å². The number of aliphatic hydroxyl groups excluding tert-OH is 2. The van der Waals surface area contributed by atoms with Crippen LogP contribution in [0.5, 0.6) is 0 Å². The molecule has 1 unspecified atom stereocenters. The predicted octanol–water partition coefficient (Wildman–Crippen LogP) is -1.05. The largest absolute Gasteiger partial charge is 0.457 e. The second-order valence-corrected chi connectivity index (χ2v) is 3.87. The van der Waals surface area contributed by atoms with Crippen molar-refractivity contribution in [1.82, 2.24) is 0 Å². The summed E-state index contributed by atoms with van der Waals surface area (Å²) in [6.45, 7) is 3.85. The highest BCUT2D eigenvalue weighted by atomic mass is 16.7. The third-order valence-corrected chi connectivity index (χ3v) is 2.38. The summed E-state index contributed by atoms with van der Waals surface area (Å²) < 4.78 is 14.6. The Labute approximate surface area is 98.3 Å². The van der Waals surface area contributed by atoms with Gasteiger partial charge in [0.1, 0.15) is 6.10 Å². The maximum atomic E-state index is 10.9. The molecule has 0 aromatic carbocycles. The molecule has 0 amide bonds.